The molecule has 3 aromatic rings. The Balaban J connectivity index is 1.43. The van der Waals surface area contributed by atoms with E-state index in [1.807, 2.05) is 69.3 Å². The van der Waals surface area contributed by atoms with E-state index in [9.17, 15) is 9.18 Å². The second kappa shape index (κ2) is 13.8. The number of halogens is 1. The van der Waals surface area contributed by atoms with Crippen LogP contribution in [-0.4, -0.2) is 72.8 Å². The molecule has 10 heteroatoms. The quantitative estimate of drug-likeness (QED) is 0.204. The van der Waals surface area contributed by atoms with Gasteiger partial charge in [-0.1, -0.05) is 66.7 Å². The maximum atomic E-state index is 14.0. The van der Waals surface area contributed by atoms with Gasteiger partial charge < -0.3 is 29.0 Å². The summed E-state index contributed by atoms with van der Waals surface area (Å²) in [5.74, 6) is -0.275. The highest BCUT2D eigenvalue weighted by Crippen LogP contribution is 2.37. The van der Waals surface area contributed by atoms with E-state index < -0.39 is 31.7 Å². The van der Waals surface area contributed by atoms with Crippen molar-refractivity contribution in [2.24, 2.45) is 0 Å². The third-order valence-electron chi connectivity index (χ3n) is 8.16. The lowest BCUT2D eigenvalue weighted by Crippen LogP contribution is -2.59. The van der Waals surface area contributed by atoms with Crippen LogP contribution in [0.25, 0.3) is 0 Å². The van der Waals surface area contributed by atoms with Crippen LogP contribution in [0.4, 0.5) is 9.18 Å². The van der Waals surface area contributed by atoms with Crippen molar-refractivity contribution in [2.45, 2.75) is 76.8 Å². The molecule has 1 amide bonds. The molecule has 0 saturated carbocycles. The summed E-state index contributed by atoms with van der Waals surface area (Å²) in [6, 6.07) is 24.8. The second-order valence-electron chi connectivity index (χ2n) is 14.2. The highest BCUT2D eigenvalue weighted by atomic mass is 32.1. The van der Waals surface area contributed by atoms with Crippen molar-refractivity contribution in [1.29, 1.82) is 0 Å². The lowest BCUT2D eigenvalue weighted by molar-refractivity contribution is -0.0705. The van der Waals surface area contributed by atoms with Gasteiger partial charge in [-0.3, -0.25) is 0 Å². The first-order valence-electron chi connectivity index (χ1n) is 15.9. The Hall–Kier alpha value is -3.31. The highest BCUT2D eigenvalue weighted by molar-refractivity contribution is 7.80. The van der Waals surface area contributed by atoms with Gasteiger partial charge in [0.2, 0.25) is 0 Å². The van der Waals surface area contributed by atoms with E-state index in [0.717, 1.165) is 23.1 Å². The maximum Gasteiger partial charge on any atom is 0.410 e. The number of ether oxygens (including phenoxy) is 2. The summed E-state index contributed by atoms with van der Waals surface area (Å²) < 4.78 is 33.3. The SMILES string of the molecule is CC(C)(C)OC(=O)N1CC(OCc2ccccc2)C(CNC(=S)N2CCc3ccccc3[C@@H]2c2ccc(F)cc2)(O[Si](C)(C)C)C1. The molecule has 246 valence electrons. The number of amides is 1. The molecule has 46 heavy (non-hydrogen) atoms. The molecule has 2 aliphatic rings. The Morgan fingerprint density at radius 3 is 2.37 bits per heavy atom. The Morgan fingerprint density at radius 2 is 1.70 bits per heavy atom. The van der Waals surface area contributed by atoms with E-state index in [-0.39, 0.29) is 11.9 Å². The zero-order chi connectivity index (χ0) is 33.1. The average Bonchev–Trinajstić information content (AvgIpc) is 3.35. The van der Waals surface area contributed by atoms with E-state index in [4.69, 9.17) is 26.1 Å². The van der Waals surface area contributed by atoms with Gasteiger partial charge in [-0.05, 0) is 93.4 Å². The third-order valence-corrected chi connectivity index (χ3v) is 9.55. The summed E-state index contributed by atoms with van der Waals surface area (Å²) in [4.78, 5) is 17.3. The van der Waals surface area contributed by atoms with E-state index in [0.29, 0.717) is 37.9 Å². The van der Waals surface area contributed by atoms with Crippen molar-refractivity contribution in [3.05, 3.63) is 107 Å². The summed E-state index contributed by atoms with van der Waals surface area (Å²) in [5.41, 5.74) is 2.90. The van der Waals surface area contributed by atoms with Gasteiger partial charge in [0.1, 0.15) is 23.1 Å². The summed E-state index contributed by atoms with van der Waals surface area (Å²) in [5, 5.41) is 4.13. The maximum absolute atomic E-state index is 14.0. The molecule has 0 bridgehead atoms. The molecule has 2 aliphatic heterocycles. The zero-order valence-electron chi connectivity index (χ0n) is 27.7. The molecule has 5 rings (SSSR count). The van der Waals surface area contributed by atoms with Gasteiger partial charge in [-0.15, -0.1) is 0 Å². The number of carbonyl (C=O) groups is 1. The first kappa shape index (κ1) is 34.0. The smallest absolute Gasteiger partial charge is 0.410 e. The molecule has 1 fully saturated rings. The molecular formula is C36H46FN3O4SSi. The van der Waals surface area contributed by atoms with Crippen molar-refractivity contribution < 1.29 is 23.1 Å². The molecule has 3 aromatic carbocycles. The fourth-order valence-corrected chi connectivity index (χ4v) is 8.08. The minimum atomic E-state index is -2.18. The summed E-state index contributed by atoms with van der Waals surface area (Å²) in [6.45, 7) is 14.1. The molecule has 1 saturated heterocycles. The molecule has 2 unspecified atom stereocenters. The summed E-state index contributed by atoms with van der Waals surface area (Å²) in [7, 11) is -2.18. The molecular weight excluding hydrogens is 618 g/mol. The normalized spacial score (nSPS) is 21.5. The van der Waals surface area contributed by atoms with Crippen molar-refractivity contribution in [3.63, 3.8) is 0 Å². The van der Waals surface area contributed by atoms with Crippen LogP contribution in [0.2, 0.25) is 19.6 Å². The molecule has 1 N–H and O–H groups in total. The van der Waals surface area contributed by atoms with Crippen LogP contribution in [0.5, 0.6) is 0 Å². The molecule has 0 radical (unpaired) electrons. The number of nitrogens with zero attached hydrogens (tertiary/aromatic N) is 2. The van der Waals surface area contributed by atoms with Crippen molar-refractivity contribution in [1.82, 2.24) is 15.1 Å². The van der Waals surface area contributed by atoms with Gasteiger partial charge in [-0.2, -0.15) is 0 Å². The van der Waals surface area contributed by atoms with Gasteiger partial charge in [-0.25, -0.2) is 9.18 Å². The van der Waals surface area contributed by atoms with Crippen molar-refractivity contribution in [2.75, 3.05) is 26.2 Å². The van der Waals surface area contributed by atoms with Crippen molar-refractivity contribution >= 4 is 31.7 Å². The summed E-state index contributed by atoms with van der Waals surface area (Å²) in [6.07, 6.45) is 0.00671. The number of thiocarbonyl (C=S) groups is 1. The molecule has 0 spiro atoms. The number of carbonyl (C=O) groups excluding carboxylic acids is 1. The summed E-state index contributed by atoms with van der Waals surface area (Å²) >= 11 is 6.11. The first-order valence-corrected chi connectivity index (χ1v) is 19.8. The predicted octanol–water partition coefficient (Wildman–Crippen LogP) is 7.07. The van der Waals surface area contributed by atoms with Crippen LogP contribution in [-0.2, 0) is 26.9 Å². The number of hydrogen-bond acceptors (Lipinski definition) is 5. The Labute approximate surface area is 279 Å². The van der Waals surface area contributed by atoms with Crippen LogP contribution in [0.15, 0.2) is 78.9 Å². The van der Waals surface area contributed by atoms with E-state index in [1.165, 1.54) is 17.7 Å². The Morgan fingerprint density at radius 1 is 1.02 bits per heavy atom. The topological polar surface area (TPSA) is 63.3 Å². The number of fused-ring (bicyclic) bond motifs is 1. The second-order valence-corrected chi connectivity index (χ2v) is 19.0. The average molecular weight is 664 g/mol. The van der Waals surface area contributed by atoms with Crippen LogP contribution < -0.4 is 5.32 Å². The monoisotopic (exact) mass is 663 g/mol. The fourth-order valence-electron chi connectivity index (χ4n) is 6.33. The van der Waals surface area contributed by atoms with Gasteiger partial charge in [0, 0.05) is 13.1 Å². The predicted molar refractivity (Wildman–Crippen MR) is 186 cm³/mol. The molecule has 0 aliphatic carbocycles. The minimum absolute atomic E-state index is 0.175. The number of benzene rings is 3. The van der Waals surface area contributed by atoms with E-state index >= 15 is 0 Å². The standard InChI is InChI=1S/C36H46FN3O4SSi/c1-35(2,3)43-34(41)39-22-31(42-23-26-12-8-7-9-13-26)36(25-39,44-46(4,5)6)24-38-33(45)40-21-20-27-14-10-11-15-30(27)32(40)28-16-18-29(37)19-17-28/h7-19,31-32H,20-25H2,1-6H3,(H,38,45)/t31?,32-,36?/m0/s1. The third kappa shape index (κ3) is 8.33. The van der Waals surface area contributed by atoms with Crippen LogP contribution in [0, 0.1) is 5.82 Å². The number of rotatable bonds is 8. The molecule has 7 nitrogen and oxygen atoms in total. The van der Waals surface area contributed by atoms with E-state index in [1.54, 1.807) is 4.90 Å². The molecule has 3 atom stereocenters. The van der Waals surface area contributed by atoms with Crippen LogP contribution in [0.1, 0.15) is 49.1 Å². The van der Waals surface area contributed by atoms with Crippen molar-refractivity contribution in [3.8, 4) is 0 Å². The number of likely N-dealkylation sites (tertiary alicyclic amines) is 1. The van der Waals surface area contributed by atoms with Crippen LogP contribution >= 0.6 is 12.2 Å². The van der Waals surface area contributed by atoms with Gasteiger partial charge in [0.25, 0.3) is 0 Å². The van der Waals surface area contributed by atoms with E-state index in [2.05, 4.69) is 48.1 Å². The molecule has 2 heterocycles. The fraction of sp³-hybridized carbons (Fsp3) is 0.444. The zero-order valence-corrected chi connectivity index (χ0v) is 29.5. The minimum Gasteiger partial charge on any atom is -0.444 e. The lowest BCUT2D eigenvalue weighted by atomic mass is 9.88. The first-order chi connectivity index (χ1) is 21.7. The van der Waals surface area contributed by atoms with Crippen LogP contribution in [0.3, 0.4) is 0 Å². The van der Waals surface area contributed by atoms with Gasteiger partial charge in [0.15, 0.2) is 13.4 Å². The van der Waals surface area contributed by atoms with Gasteiger partial charge >= 0.3 is 6.09 Å². The Bertz CT molecular complexity index is 1510. The largest absolute Gasteiger partial charge is 0.444 e. The Kier molecular flexibility index (Phi) is 10.2. The highest BCUT2D eigenvalue weighted by Gasteiger charge is 2.53. The number of hydrogen-bond donors (Lipinski definition) is 1. The van der Waals surface area contributed by atoms with Gasteiger partial charge in [0.05, 0.1) is 25.7 Å². The number of nitrogens with one attached hydrogen (secondary N) is 1. The lowest BCUT2D eigenvalue weighted by Gasteiger charge is -2.43. The molecule has 0 aromatic heterocycles.